The lowest BCUT2D eigenvalue weighted by atomic mass is 9.94. The number of methoxy groups -OCH3 is 1. The predicted molar refractivity (Wildman–Crippen MR) is 75.8 cm³/mol. The minimum Gasteiger partial charge on any atom is -0.468 e. The van der Waals surface area contributed by atoms with Crippen LogP contribution in [0, 0.1) is 5.92 Å². The first-order valence-electron chi connectivity index (χ1n) is 7.66. The normalized spacial score (nSPS) is 28.5. The van der Waals surface area contributed by atoms with Gasteiger partial charge in [0.2, 0.25) is 0 Å². The van der Waals surface area contributed by atoms with Gasteiger partial charge in [0.1, 0.15) is 5.54 Å². The summed E-state index contributed by atoms with van der Waals surface area (Å²) in [6.07, 6.45) is 8.86. The lowest BCUT2D eigenvalue weighted by molar-refractivity contribution is -0.146. The van der Waals surface area contributed by atoms with Gasteiger partial charge in [-0.1, -0.05) is 12.8 Å². The number of hydrogen-bond donors (Lipinski definition) is 1. The third-order valence-electron chi connectivity index (χ3n) is 4.93. The van der Waals surface area contributed by atoms with E-state index in [0.29, 0.717) is 6.42 Å². The fraction of sp³-hybridized carbons (Fsp3) is 0.933. The zero-order valence-electron chi connectivity index (χ0n) is 12.4. The van der Waals surface area contributed by atoms with E-state index in [0.717, 1.165) is 18.5 Å². The highest BCUT2D eigenvalue weighted by Crippen LogP contribution is 2.35. The van der Waals surface area contributed by atoms with Crippen molar-refractivity contribution < 1.29 is 9.53 Å². The average molecular weight is 268 g/mol. The minimum atomic E-state index is -0.850. The molecule has 1 heterocycles. The second-order valence-corrected chi connectivity index (χ2v) is 6.45. The van der Waals surface area contributed by atoms with E-state index < -0.39 is 5.54 Å². The van der Waals surface area contributed by atoms with Crippen molar-refractivity contribution in [2.75, 3.05) is 20.2 Å². The Morgan fingerprint density at radius 2 is 2.00 bits per heavy atom. The molecular formula is C15H28N2O2. The zero-order chi connectivity index (χ0) is 13.9. The van der Waals surface area contributed by atoms with Crippen LogP contribution in [-0.2, 0) is 9.53 Å². The molecule has 110 valence electrons. The van der Waals surface area contributed by atoms with Gasteiger partial charge in [-0.3, -0.25) is 4.79 Å². The maximum Gasteiger partial charge on any atom is 0.325 e. The van der Waals surface area contributed by atoms with Crippen molar-refractivity contribution >= 4 is 5.97 Å². The average Bonchev–Trinajstić information content (AvgIpc) is 3.05. The van der Waals surface area contributed by atoms with Crippen LogP contribution in [-0.4, -0.2) is 42.6 Å². The van der Waals surface area contributed by atoms with Crippen LogP contribution in [0.25, 0.3) is 0 Å². The number of ether oxygens (including phenoxy) is 1. The van der Waals surface area contributed by atoms with E-state index in [4.69, 9.17) is 10.5 Å². The van der Waals surface area contributed by atoms with E-state index in [1.165, 1.54) is 52.2 Å². The Bertz CT molecular complexity index is 311. The van der Waals surface area contributed by atoms with Crippen LogP contribution in [0.3, 0.4) is 0 Å². The second-order valence-electron chi connectivity index (χ2n) is 6.45. The van der Waals surface area contributed by atoms with E-state index in [2.05, 4.69) is 4.90 Å². The summed E-state index contributed by atoms with van der Waals surface area (Å²) in [6, 6.07) is 0.732. The van der Waals surface area contributed by atoms with Gasteiger partial charge < -0.3 is 15.4 Å². The van der Waals surface area contributed by atoms with Crippen LogP contribution >= 0.6 is 0 Å². The van der Waals surface area contributed by atoms with Crippen molar-refractivity contribution in [3.63, 3.8) is 0 Å². The van der Waals surface area contributed by atoms with Crippen LogP contribution in [0.15, 0.2) is 0 Å². The van der Waals surface area contributed by atoms with Crippen molar-refractivity contribution in [3.05, 3.63) is 0 Å². The molecule has 1 aliphatic carbocycles. The Balaban J connectivity index is 1.86. The molecule has 2 N–H and O–H groups in total. The summed E-state index contributed by atoms with van der Waals surface area (Å²) >= 11 is 0. The molecule has 1 saturated carbocycles. The maximum absolute atomic E-state index is 11.6. The van der Waals surface area contributed by atoms with E-state index in [9.17, 15) is 4.79 Å². The van der Waals surface area contributed by atoms with Crippen molar-refractivity contribution in [2.24, 2.45) is 11.7 Å². The Morgan fingerprint density at radius 3 is 2.63 bits per heavy atom. The Labute approximate surface area is 116 Å². The van der Waals surface area contributed by atoms with Gasteiger partial charge in [-0.15, -0.1) is 0 Å². The Kier molecular flexibility index (Phi) is 4.85. The first-order valence-corrected chi connectivity index (χ1v) is 7.66. The molecule has 0 amide bonds. The molecule has 4 heteroatoms. The molecule has 2 aliphatic rings. The molecule has 2 atom stereocenters. The van der Waals surface area contributed by atoms with Crippen molar-refractivity contribution in [2.45, 2.75) is 63.5 Å². The molecule has 0 aromatic heterocycles. The third-order valence-corrected chi connectivity index (χ3v) is 4.93. The number of likely N-dealkylation sites (tertiary alicyclic amines) is 1. The third kappa shape index (κ3) is 3.48. The molecule has 1 saturated heterocycles. The fourth-order valence-corrected chi connectivity index (χ4v) is 3.72. The van der Waals surface area contributed by atoms with Crippen LogP contribution in [0.4, 0.5) is 0 Å². The highest BCUT2D eigenvalue weighted by atomic mass is 16.5. The molecule has 0 bridgehead atoms. The highest BCUT2D eigenvalue weighted by molar-refractivity contribution is 5.79. The summed E-state index contributed by atoms with van der Waals surface area (Å²) < 4.78 is 4.77. The van der Waals surface area contributed by atoms with Gasteiger partial charge in [0.15, 0.2) is 0 Å². The fourth-order valence-electron chi connectivity index (χ4n) is 3.72. The molecule has 1 aliphatic heterocycles. The smallest absolute Gasteiger partial charge is 0.325 e. The molecule has 2 rings (SSSR count). The number of rotatable bonds is 5. The number of esters is 1. The second kappa shape index (κ2) is 6.23. The van der Waals surface area contributed by atoms with E-state index in [1.54, 1.807) is 6.92 Å². The summed E-state index contributed by atoms with van der Waals surface area (Å²) in [4.78, 5) is 14.2. The molecule has 2 fully saturated rings. The molecule has 0 spiro atoms. The van der Waals surface area contributed by atoms with Crippen molar-refractivity contribution in [1.82, 2.24) is 4.90 Å². The first kappa shape index (κ1) is 14.8. The summed E-state index contributed by atoms with van der Waals surface area (Å²) in [5.74, 6) is 0.578. The topological polar surface area (TPSA) is 55.6 Å². The summed E-state index contributed by atoms with van der Waals surface area (Å²) in [6.45, 7) is 3.86. The zero-order valence-corrected chi connectivity index (χ0v) is 12.4. The van der Waals surface area contributed by atoms with E-state index in [-0.39, 0.29) is 5.97 Å². The largest absolute Gasteiger partial charge is 0.468 e. The minimum absolute atomic E-state index is 0.302. The molecule has 2 unspecified atom stereocenters. The summed E-state index contributed by atoms with van der Waals surface area (Å²) in [7, 11) is 1.41. The van der Waals surface area contributed by atoms with Crippen LogP contribution in [0.1, 0.15) is 51.9 Å². The predicted octanol–water partition coefficient (Wildman–Crippen LogP) is 1.92. The van der Waals surface area contributed by atoms with Crippen molar-refractivity contribution in [3.8, 4) is 0 Å². The van der Waals surface area contributed by atoms with E-state index >= 15 is 0 Å². The molecule has 0 aromatic carbocycles. The SMILES string of the molecule is COC(=O)C(C)(N)CCN1CCCC1C1CCCC1. The highest BCUT2D eigenvalue weighted by Gasteiger charge is 2.35. The Morgan fingerprint density at radius 1 is 1.32 bits per heavy atom. The monoisotopic (exact) mass is 268 g/mol. The number of carbonyl (C=O) groups excluding carboxylic acids is 1. The van der Waals surface area contributed by atoms with Gasteiger partial charge in [0, 0.05) is 12.6 Å². The number of carbonyl (C=O) groups is 1. The maximum atomic E-state index is 11.6. The standard InChI is InChI=1S/C15H28N2O2/c1-15(16,14(18)19-2)9-11-17-10-5-8-13(17)12-6-3-4-7-12/h12-13H,3-11,16H2,1-2H3. The number of hydrogen-bond acceptors (Lipinski definition) is 4. The Hall–Kier alpha value is -0.610. The van der Waals surface area contributed by atoms with Crippen LogP contribution < -0.4 is 5.73 Å². The van der Waals surface area contributed by atoms with Gasteiger partial charge in [0.25, 0.3) is 0 Å². The molecule has 19 heavy (non-hydrogen) atoms. The number of nitrogens with zero attached hydrogens (tertiary/aromatic N) is 1. The quantitative estimate of drug-likeness (QED) is 0.774. The van der Waals surface area contributed by atoms with Crippen molar-refractivity contribution in [1.29, 1.82) is 0 Å². The van der Waals surface area contributed by atoms with Crippen LogP contribution in [0.2, 0.25) is 0 Å². The number of nitrogens with two attached hydrogens (primary N) is 1. The molecule has 0 radical (unpaired) electrons. The van der Waals surface area contributed by atoms with E-state index in [1.807, 2.05) is 0 Å². The summed E-state index contributed by atoms with van der Waals surface area (Å²) in [5, 5.41) is 0. The lowest BCUT2D eigenvalue weighted by Crippen LogP contribution is -2.49. The van der Waals surface area contributed by atoms with Crippen LogP contribution in [0.5, 0.6) is 0 Å². The molecule has 0 aromatic rings. The van der Waals surface area contributed by atoms with Gasteiger partial charge in [-0.2, -0.15) is 0 Å². The molecular weight excluding hydrogens is 240 g/mol. The lowest BCUT2D eigenvalue weighted by Gasteiger charge is -2.31. The first-order chi connectivity index (χ1) is 9.04. The van der Waals surface area contributed by atoms with Gasteiger partial charge in [-0.05, 0) is 51.5 Å². The summed E-state index contributed by atoms with van der Waals surface area (Å²) in [5.41, 5.74) is 5.20. The van der Waals surface area contributed by atoms with Gasteiger partial charge >= 0.3 is 5.97 Å². The van der Waals surface area contributed by atoms with Gasteiger partial charge in [-0.25, -0.2) is 0 Å². The van der Waals surface area contributed by atoms with Gasteiger partial charge in [0.05, 0.1) is 7.11 Å². The molecule has 4 nitrogen and oxygen atoms in total.